The predicted octanol–water partition coefficient (Wildman–Crippen LogP) is 1.58. The van der Waals surface area contributed by atoms with Gasteiger partial charge in [-0.3, -0.25) is 4.90 Å². The fourth-order valence-corrected chi connectivity index (χ4v) is 2.07. The fourth-order valence-electron chi connectivity index (χ4n) is 1.03. The molecule has 0 fully saturated rings. The second-order valence-electron chi connectivity index (χ2n) is 2.94. The van der Waals surface area contributed by atoms with E-state index in [1.165, 1.54) is 11.3 Å². The summed E-state index contributed by atoms with van der Waals surface area (Å²) in [6.45, 7) is 2.61. The summed E-state index contributed by atoms with van der Waals surface area (Å²) in [5.41, 5.74) is 5.41. The normalized spacial score (nSPS) is 11.1. The van der Waals surface area contributed by atoms with Crippen LogP contribution in [0.4, 0.5) is 0 Å². The number of thiazole rings is 1. The van der Waals surface area contributed by atoms with Crippen LogP contribution in [0.3, 0.4) is 0 Å². The van der Waals surface area contributed by atoms with Crippen LogP contribution in [0.25, 0.3) is 0 Å². The largest absolute Gasteiger partial charge is 0.330 e. The zero-order valence-corrected chi connectivity index (χ0v) is 9.24. The molecule has 0 radical (unpaired) electrons. The van der Waals surface area contributed by atoms with Crippen molar-refractivity contribution in [3.63, 3.8) is 0 Å². The third kappa shape index (κ3) is 4.04. The molecule has 1 rings (SSSR count). The van der Waals surface area contributed by atoms with Crippen LogP contribution in [-0.2, 0) is 6.54 Å². The molecular weight excluding hydrogens is 206 g/mol. The first-order valence-corrected chi connectivity index (χ1v) is 5.40. The van der Waals surface area contributed by atoms with Crippen LogP contribution < -0.4 is 5.73 Å². The zero-order valence-electron chi connectivity index (χ0n) is 7.66. The molecule has 0 saturated heterocycles. The van der Waals surface area contributed by atoms with E-state index in [9.17, 15) is 0 Å². The van der Waals surface area contributed by atoms with Crippen molar-refractivity contribution in [1.29, 1.82) is 0 Å². The Hall–Kier alpha value is -0.160. The summed E-state index contributed by atoms with van der Waals surface area (Å²) in [5.74, 6) is 0. The maximum atomic E-state index is 5.77. The fraction of sp³-hybridized carbons (Fsp3) is 0.625. The highest BCUT2D eigenvalue weighted by Crippen LogP contribution is 2.19. The van der Waals surface area contributed by atoms with E-state index < -0.39 is 0 Å². The molecule has 0 aliphatic heterocycles. The quantitative estimate of drug-likeness (QED) is 0.818. The van der Waals surface area contributed by atoms with E-state index in [0.717, 1.165) is 35.4 Å². The van der Waals surface area contributed by atoms with Crippen molar-refractivity contribution < 1.29 is 0 Å². The van der Waals surface area contributed by atoms with Crippen molar-refractivity contribution in [3.05, 3.63) is 15.5 Å². The summed E-state index contributed by atoms with van der Waals surface area (Å²) >= 11 is 7.30. The van der Waals surface area contributed by atoms with Crippen molar-refractivity contribution in [1.82, 2.24) is 9.88 Å². The minimum atomic E-state index is 0.739. The van der Waals surface area contributed by atoms with Crippen molar-refractivity contribution in [3.8, 4) is 0 Å². The lowest BCUT2D eigenvalue weighted by atomic mass is 10.4. The van der Waals surface area contributed by atoms with Gasteiger partial charge < -0.3 is 5.73 Å². The molecule has 0 atom stereocenters. The molecular formula is C8H14ClN3S. The van der Waals surface area contributed by atoms with Gasteiger partial charge in [0.1, 0.15) is 9.34 Å². The highest BCUT2D eigenvalue weighted by Gasteiger charge is 2.03. The van der Waals surface area contributed by atoms with Gasteiger partial charge in [0.25, 0.3) is 0 Å². The molecule has 1 heterocycles. The van der Waals surface area contributed by atoms with Gasteiger partial charge in [-0.1, -0.05) is 11.6 Å². The van der Waals surface area contributed by atoms with Crippen LogP contribution in [0.15, 0.2) is 6.20 Å². The molecule has 1 aromatic rings. The average Bonchev–Trinajstić information content (AvgIpc) is 2.48. The highest BCUT2D eigenvalue weighted by atomic mass is 35.5. The Kier molecular flexibility index (Phi) is 4.66. The molecule has 0 aliphatic carbocycles. The number of halogens is 1. The number of aromatic nitrogens is 1. The number of hydrogen-bond donors (Lipinski definition) is 1. The van der Waals surface area contributed by atoms with E-state index in [1.54, 1.807) is 6.20 Å². The Bertz CT molecular complexity index is 251. The summed E-state index contributed by atoms with van der Waals surface area (Å²) in [4.78, 5) is 6.37. The molecule has 5 heteroatoms. The molecule has 3 nitrogen and oxygen atoms in total. The Morgan fingerprint density at radius 3 is 3.00 bits per heavy atom. The highest BCUT2D eigenvalue weighted by molar-refractivity contribution is 7.15. The molecule has 0 aromatic carbocycles. The lowest BCUT2D eigenvalue weighted by Crippen LogP contribution is -2.21. The first-order chi connectivity index (χ1) is 6.22. The Labute approximate surface area is 87.5 Å². The molecule has 0 amide bonds. The summed E-state index contributed by atoms with van der Waals surface area (Å²) in [7, 11) is 2.06. The van der Waals surface area contributed by atoms with Gasteiger partial charge in [-0.05, 0) is 26.6 Å². The van der Waals surface area contributed by atoms with Crippen molar-refractivity contribution >= 4 is 22.9 Å². The van der Waals surface area contributed by atoms with E-state index in [4.69, 9.17) is 17.3 Å². The van der Waals surface area contributed by atoms with Gasteiger partial charge in [0.15, 0.2) is 0 Å². The van der Waals surface area contributed by atoms with Gasteiger partial charge >= 0.3 is 0 Å². The summed E-state index contributed by atoms with van der Waals surface area (Å²) in [6, 6.07) is 0. The minimum Gasteiger partial charge on any atom is -0.330 e. The van der Waals surface area contributed by atoms with Crippen LogP contribution in [0, 0.1) is 0 Å². The topological polar surface area (TPSA) is 42.1 Å². The molecule has 0 aliphatic rings. The SMILES string of the molecule is CN(CCCN)Cc1ncc(Cl)s1. The maximum absolute atomic E-state index is 5.77. The Balaban J connectivity index is 2.31. The summed E-state index contributed by atoms with van der Waals surface area (Å²) < 4.78 is 0.752. The maximum Gasteiger partial charge on any atom is 0.113 e. The first kappa shape index (κ1) is 10.9. The van der Waals surface area contributed by atoms with Gasteiger partial charge in [0.2, 0.25) is 0 Å². The van der Waals surface area contributed by atoms with Crippen molar-refractivity contribution in [2.75, 3.05) is 20.1 Å². The van der Waals surface area contributed by atoms with E-state index >= 15 is 0 Å². The average molecular weight is 220 g/mol. The van der Waals surface area contributed by atoms with Crippen LogP contribution in [0.2, 0.25) is 4.34 Å². The monoisotopic (exact) mass is 219 g/mol. The molecule has 1 aromatic heterocycles. The standard InChI is InChI=1S/C8H14ClN3S/c1-12(4-2-3-10)6-8-11-5-7(9)13-8/h5H,2-4,6,10H2,1H3. The number of hydrogen-bond acceptors (Lipinski definition) is 4. The van der Waals surface area contributed by atoms with E-state index in [-0.39, 0.29) is 0 Å². The molecule has 0 unspecified atom stereocenters. The van der Waals surface area contributed by atoms with E-state index in [2.05, 4.69) is 16.9 Å². The number of nitrogens with zero attached hydrogens (tertiary/aromatic N) is 2. The number of rotatable bonds is 5. The Morgan fingerprint density at radius 1 is 1.69 bits per heavy atom. The van der Waals surface area contributed by atoms with Gasteiger partial charge in [-0.15, -0.1) is 11.3 Å². The summed E-state index contributed by atoms with van der Waals surface area (Å²) in [5, 5.41) is 1.06. The Morgan fingerprint density at radius 2 is 2.46 bits per heavy atom. The zero-order chi connectivity index (χ0) is 9.68. The second kappa shape index (κ2) is 5.54. The minimum absolute atomic E-state index is 0.739. The van der Waals surface area contributed by atoms with Crippen LogP contribution in [0.1, 0.15) is 11.4 Å². The smallest absolute Gasteiger partial charge is 0.113 e. The van der Waals surface area contributed by atoms with Gasteiger partial charge in [-0.2, -0.15) is 0 Å². The van der Waals surface area contributed by atoms with Gasteiger partial charge in [0, 0.05) is 0 Å². The van der Waals surface area contributed by atoms with E-state index in [1.807, 2.05) is 0 Å². The third-order valence-corrected chi connectivity index (χ3v) is 2.77. The van der Waals surface area contributed by atoms with Gasteiger partial charge in [0.05, 0.1) is 12.7 Å². The van der Waals surface area contributed by atoms with Crippen molar-refractivity contribution in [2.45, 2.75) is 13.0 Å². The predicted molar refractivity (Wildman–Crippen MR) is 57.1 cm³/mol. The van der Waals surface area contributed by atoms with E-state index in [0.29, 0.717) is 0 Å². The lowest BCUT2D eigenvalue weighted by molar-refractivity contribution is 0.323. The van der Waals surface area contributed by atoms with Crippen molar-refractivity contribution in [2.24, 2.45) is 5.73 Å². The molecule has 0 spiro atoms. The lowest BCUT2D eigenvalue weighted by Gasteiger charge is -2.13. The van der Waals surface area contributed by atoms with Crippen LogP contribution in [-0.4, -0.2) is 30.0 Å². The summed E-state index contributed by atoms with van der Waals surface area (Å²) in [6.07, 6.45) is 2.72. The third-order valence-electron chi connectivity index (χ3n) is 1.67. The second-order valence-corrected chi connectivity index (χ2v) is 4.68. The first-order valence-electron chi connectivity index (χ1n) is 4.21. The molecule has 13 heavy (non-hydrogen) atoms. The molecule has 0 saturated carbocycles. The number of nitrogens with two attached hydrogens (primary N) is 1. The van der Waals surface area contributed by atoms with Crippen LogP contribution >= 0.6 is 22.9 Å². The molecule has 0 bridgehead atoms. The van der Waals surface area contributed by atoms with Crippen LogP contribution in [0.5, 0.6) is 0 Å². The van der Waals surface area contributed by atoms with Gasteiger partial charge in [-0.25, -0.2) is 4.98 Å². The molecule has 74 valence electrons. The molecule has 2 N–H and O–H groups in total.